The first-order valence-corrected chi connectivity index (χ1v) is 6.36. The molecule has 1 atom stereocenters. The number of benzene rings is 1. The Morgan fingerprint density at radius 3 is 2.28 bits per heavy atom. The molecule has 2 N–H and O–H groups in total. The van der Waals surface area contributed by atoms with E-state index in [2.05, 4.69) is 24.5 Å². The molecule has 18 heavy (non-hydrogen) atoms. The van der Waals surface area contributed by atoms with Gasteiger partial charge in [0.15, 0.2) is 0 Å². The fraction of sp³-hybridized carbons (Fsp3) is 0.571. The average Bonchev–Trinajstić information content (AvgIpc) is 2.42. The second-order valence-corrected chi connectivity index (χ2v) is 4.23. The predicted octanol–water partition coefficient (Wildman–Crippen LogP) is 1.79. The molecule has 4 heteroatoms. The average molecular weight is 252 g/mol. The molecule has 0 saturated carbocycles. The molecular weight excluding hydrogens is 228 g/mol. The van der Waals surface area contributed by atoms with Crippen molar-refractivity contribution in [2.24, 2.45) is 0 Å². The van der Waals surface area contributed by atoms with E-state index in [1.165, 1.54) is 0 Å². The van der Waals surface area contributed by atoms with E-state index in [9.17, 15) is 0 Å². The molecule has 0 fully saturated rings. The van der Waals surface area contributed by atoms with Gasteiger partial charge in [-0.3, -0.25) is 0 Å². The maximum atomic E-state index is 5.37. The van der Waals surface area contributed by atoms with Crippen LogP contribution in [0.15, 0.2) is 18.2 Å². The first-order chi connectivity index (χ1) is 8.72. The molecular formula is C14H24N2O2. The van der Waals surface area contributed by atoms with Gasteiger partial charge in [-0.2, -0.15) is 0 Å². The SMILES string of the molecule is CCNCC(C)NCc1c(OC)cccc1OC. The van der Waals surface area contributed by atoms with Gasteiger partial charge >= 0.3 is 0 Å². The predicted molar refractivity (Wildman–Crippen MR) is 74.4 cm³/mol. The van der Waals surface area contributed by atoms with Crippen molar-refractivity contribution < 1.29 is 9.47 Å². The van der Waals surface area contributed by atoms with Gasteiger partial charge in [-0.25, -0.2) is 0 Å². The highest BCUT2D eigenvalue weighted by Crippen LogP contribution is 2.27. The smallest absolute Gasteiger partial charge is 0.127 e. The minimum Gasteiger partial charge on any atom is -0.496 e. The molecule has 0 heterocycles. The van der Waals surface area contributed by atoms with Gasteiger partial charge in [0, 0.05) is 24.7 Å². The van der Waals surface area contributed by atoms with E-state index in [4.69, 9.17) is 9.47 Å². The zero-order valence-corrected chi connectivity index (χ0v) is 11.7. The fourth-order valence-electron chi connectivity index (χ4n) is 1.81. The zero-order valence-electron chi connectivity index (χ0n) is 11.7. The van der Waals surface area contributed by atoms with E-state index in [0.717, 1.165) is 36.7 Å². The Bertz CT molecular complexity index is 333. The largest absolute Gasteiger partial charge is 0.496 e. The topological polar surface area (TPSA) is 42.5 Å². The van der Waals surface area contributed by atoms with Crippen LogP contribution < -0.4 is 20.1 Å². The lowest BCUT2D eigenvalue weighted by molar-refractivity contribution is 0.379. The minimum absolute atomic E-state index is 0.402. The van der Waals surface area contributed by atoms with Gasteiger partial charge in [0.1, 0.15) is 11.5 Å². The third-order valence-corrected chi connectivity index (χ3v) is 2.86. The van der Waals surface area contributed by atoms with Crippen LogP contribution in [0.25, 0.3) is 0 Å². The summed E-state index contributed by atoms with van der Waals surface area (Å²) in [7, 11) is 3.36. The highest BCUT2D eigenvalue weighted by atomic mass is 16.5. The van der Waals surface area contributed by atoms with E-state index in [1.807, 2.05) is 18.2 Å². The Kier molecular flexibility index (Phi) is 6.54. The summed E-state index contributed by atoms with van der Waals surface area (Å²) in [5.74, 6) is 1.72. The van der Waals surface area contributed by atoms with Gasteiger partial charge in [0.25, 0.3) is 0 Å². The van der Waals surface area contributed by atoms with Gasteiger partial charge in [-0.05, 0) is 25.6 Å². The zero-order chi connectivity index (χ0) is 13.4. The molecule has 1 unspecified atom stereocenters. The summed E-state index contributed by atoms with van der Waals surface area (Å²) in [6, 6.07) is 6.24. The van der Waals surface area contributed by atoms with Crippen molar-refractivity contribution in [3.05, 3.63) is 23.8 Å². The summed E-state index contributed by atoms with van der Waals surface area (Å²) in [5.41, 5.74) is 1.06. The maximum absolute atomic E-state index is 5.37. The highest BCUT2D eigenvalue weighted by molar-refractivity contribution is 5.44. The van der Waals surface area contributed by atoms with Crippen molar-refractivity contribution in [1.82, 2.24) is 10.6 Å². The van der Waals surface area contributed by atoms with Gasteiger partial charge < -0.3 is 20.1 Å². The van der Waals surface area contributed by atoms with Crippen LogP contribution in [-0.4, -0.2) is 33.4 Å². The van der Waals surface area contributed by atoms with Crippen LogP contribution in [0, 0.1) is 0 Å². The Morgan fingerprint density at radius 1 is 1.17 bits per heavy atom. The molecule has 0 bridgehead atoms. The Labute approximate surface area is 110 Å². The van der Waals surface area contributed by atoms with Crippen LogP contribution in [0.5, 0.6) is 11.5 Å². The van der Waals surface area contributed by atoms with Crippen LogP contribution in [0.4, 0.5) is 0 Å². The number of rotatable bonds is 8. The van der Waals surface area contributed by atoms with Crippen molar-refractivity contribution in [3.8, 4) is 11.5 Å². The second-order valence-electron chi connectivity index (χ2n) is 4.23. The van der Waals surface area contributed by atoms with Crippen LogP contribution in [0.1, 0.15) is 19.4 Å². The van der Waals surface area contributed by atoms with Gasteiger partial charge in [-0.15, -0.1) is 0 Å². The number of likely N-dealkylation sites (N-methyl/N-ethyl adjacent to an activating group) is 1. The Morgan fingerprint density at radius 2 is 1.78 bits per heavy atom. The molecule has 1 aromatic carbocycles. The van der Waals surface area contributed by atoms with Crippen LogP contribution in [0.3, 0.4) is 0 Å². The van der Waals surface area contributed by atoms with E-state index < -0.39 is 0 Å². The lowest BCUT2D eigenvalue weighted by atomic mass is 10.1. The molecule has 4 nitrogen and oxygen atoms in total. The minimum atomic E-state index is 0.402. The maximum Gasteiger partial charge on any atom is 0.127 e. The molecule has 0 spiro atoms. The lowest BCUT2D eigenvalue weighted by Crippen LogP contribution is -2.35. The van der Waals surface area contributed by atoms with Crippen LogP contribution in [0.2, 0.25) is 0 Å². The third kappa shape index (κ3) is 4.20. The molecule has 0 aromatic heterocycles. The van der Waals surface area contributed by atoms with Gasteiger partial charge in [0.05, 0.1) is 14.2 Å². The van der Waals surface area contributed by atoms with Crippen molar-refractivity contribution in [1.29, 1.82) is 0 Å². The molecule has 1 rings (SSSR count). The summed E-state index contributed by atoms with van der Waals surface area (Å²) in [6.07, 6.45) is 0. The number of hydrogen-bond acceptors (Lipinski definition) is 4. The van der Waals surface area contributed by atoms with Crippen LogP contribution >= 0.6 is 0 Å². The number of methoxy groups -OCH3 is 2. The third-order valence-electron chi connectivity index (χ3n) is 2.86. The molecule has 0 aliphatic carbocycles. The first-order valence-electron chi connectivity index (χ1n) is 6.36. The second kappa shape index (κ2) is 7.95. The summed E-state index contributed by atoms with van der Waals surface area (Å²) in [6.45, 7) is 6.94. The molecule has 1 aromatic rings. The summed E-state index contributed by atoms with van der Waals surface area (Å²) in [4.78, 5) is 0. The van der Waals surface area contributed by atoms with Crippen molar-refractivity contribution in [2.45, 2.75) is 26.4 Å². The van der Waals surface area contributed by atoms with E-state index in [1.54, 1.807) is 14.2 Å². The fourth-order valence-corrected chi connectivity index (χ4v) is 1.81. The Hall–Kier alpha value is -1.26. The van der Waals surface area contributed by atoms with E-state index in [0.29, 0.717) is 6.04 Å². The molecule has 0 aliphatic rings. The van der Waals surface area contributed by atoms with Gasteiger partial charge in [0.2, 0.25) is 0 Å². The quantitative estimate of drug-likeness (QED) is 0.740. The van der Waals surface area contributed by atoms with Crippen molar-refractivity contribution in [2.75, 3.05) is 27.3 Å². The number of ether oxygens (including phenoxy) is 2. The summed E-state index contributed by atoms with van der Waals surface area (Å²) < 4.78 is 10.7. The number of hydrogen-bond donors (Lipinski definition) is 2. The highest BCUT2D eigenvalue weighted by Gasteiger charge is 2.10. The lowest BCUT2D eigenvalue weighted by Gasteiger charge is -2.17. The van der Waals surface area contributed by atoms with Crippen LogP contribution in [-0.2, 0) is 6.54 Å². The normalized spacial score (nSPS) is 12.2. The molecule has 0 saturated heterocycles. The summed E-state index contributed by atoms with van der Waals surface area (Å²) >= 11 is 0. The monoisotopic (exact) mass is 252 g/mol. The molecule has 0 amide bonds. The van der Waals surface area contributed by atoms with Crippen molar-refractivity contribution in [3.63, 3.8) is 0 Å². The molecule has 0 radical (unpaired) electrons. The Balaban J connectivity index is 2.65. The molecule has 0 aliphatic heterocycles. The molecule has 102 valence electrons. The van der Waals surface area contributed by atoms with Gasteiger partial charge in [-0.1, -0.05) is 13.0 Å². The van der Waals surface area contributed by atoms with Crippen molar-refractivity contribution >= 4 is 0 Å². The standard InChI is InChI=1S/C14H24N2O2/c1-5-15-9-11(2)16-10-12-13(17-3)7-6-8-14(12)18-4/h6-8,11,15-16H,5,9-10H2,1-4H3. The summed E-state index contributed by atoms with van der Waals surface area (Å²) in [5, 5.41) is 6.78. The first kappa shape index (κ1) is 14.8. The number of nitrogens with one attached hydrogen (secondary N) is 2. The van der Waals surface area contributed by atoms with E-state index >= 15 is 0 Å². The van der Waals surface area contributed by atoms with E-state index in [-0.39, 0.29) is 0 Å².